The number of carbonyl (C=O) groups is 2. The fraction of sp³-hybridized carbons (Fsp3) is 0. The Labute approximate surface area is 112 Å². The number of aromatic carboxylic acids is 1. The van der Waals surface area contributed by atoms with Crippen molar-refractivity contribution in [1.29, 1.82) is 0 Å². The monoisotopic (exact) mass is 278 g/mol. The summed E-state index contributed by atoms with van der Waals surface area (Å²) in [6.45, 7) is 0. The average molecular weight is 279 g/mol. The molecule has 0 saturated heterocycles. The van der Waals surface area contributed by atoms with Crippen LogP contribution in [-0.2, 0) is 0 Å². The van der Waals surface area contributed by atoms with E-state index in [4.69, 9.17) is 21.4 Å². The highest BCUT2D eigenvalue weighted by Gasteiger charge is 2.15. The van der Waals surface area contributed by atoms with Crippen LogP contribution in [0.2, 0.25) is 5.02 Å². The second kappa shape index (κ2) is 5.45. The number of esters is 1. The van der Waals surface area contributed by atoms with Gasteiger partial charge in [0.25, 0.3) is 0 Å². The summed E-state index contributed by atoms with van der Waals surface area (Å²) in [5, 5.41) is 8.99. The zero-order valence-electron chi connectivity index (χ0n) is 9.41. The van der Waals surface area contributed by atoms with Gasteiger partial charge in [0.2, 0.25) is 5.82 Å². The molecule has 1 aromatic heterocycles. The number of hydrogen-bond donors (Lipinski definition) is 1. The van der Waals surface area contributed by atoms with Crippen molar-refractivity contribution in [2.75, 3.05) is 0 Å². The van der Waals surface area contributed by atoms with E-state index in [1.165, 1.54) is 18.3 Å². The molecular formula is C12H7ClN2O4. The number of para-hydroxylation sites is 1. The smallest absolute Gasteiger partial charge is 0.373 e. The molecule has 0 radical (unpaired) electrons. The van der Waals surface area contributed by atoms with E-state index in [1.807, 2.05) is 0 Å². The lowest BCUT2D eigenvalue weighted by molar-refractivity contribution is 0.0682. The molecular weight excluding hydrogens is 272 g/mol. The summed E-state index contributed by atoms with van der Waals surface area (Å²) in [6, 6.07) is 7.67. The molecule has 1 N–H and O–H groups in total. The number of halogens is 1. The van der Waals surface area contributed by atoms with Crippen LogP contribution in [0.15, 0.2) is 36.5 Å². The number of benzene rings is 1. The van der Waals surface area contributed by atoms with E-state index in [0.29, 0.717) is 0 Å². The Kier molecular flexibility index (Phi) is 3.72. The second-order valence-corrected chi connectivity index (χ2v) is 3.80. The molecule has 19 heavy (non-hydrogen) atoms. The van der Waals surface area contributed by atoms with Crippen LogP contribution in [0.1, 0.15) is 21.1 Å². The topological polar surface area (TPSA) is 89.4 Å². The third-order valence-electron chi connectivity index (χ3n) is 2.10. The molecule has 0 saturated carbocycles. The molecule has 2 rings (SSSR count). The summed E-state index contributed by atoms with van der Waals surface area (Å²) in [7, 11) is 0. The fourth-order valence-corrected chi connectivity index (χ4v) is 1.43. The highest BCUT2D eigenvalue weighted by atomic mass is 35.5. The Balaban J connectivity index is 2.23. The zero-order chi connectivity index (χ0) is 13.8. The highest BCUT2D eigenvalue weighted by molar-refractivity contribution is 6.32. The van der Waals surface area contributed by atoms with Crippen molar-refractivity contribution < 1.29 is 19.4 Å². The van der Waals surface area contributed by atoms with Gasteiger partial charge in [-0.25, -0.2) is 19.6 Å². The van der Waals surface area contributed by atoms with Gasteiger partial charge in [-0.1, -0.05) is 23.7 Å². The van der Waals surface area contributed by atoms with E-state index in [1.54, 1.807) is 18.2 Å². The third kappa shape index (κ3) is 3.05. The van der Waals surface area contributed by atoms with Gasteiger partial charge in [0.1, 0.15) is 5.75 Å². The van der Waals surface area contributed by atoms with Crippen LogP contribution in [0.4, 0.5) is 0 Å². The van der Waals surface area contributed by atoms with Gasteiger partial charge < -0.3 is 9.84 Å². The van der Waals surface area contributed by atoms with E-state index >= 15 is 0 Å². The Hall–Kier alpha value is -2.47. The first-order valence-corrected chi connectivity index (χ1v) is 5.49. The van der Waals surface area contributed by atoms with E-state index in [2.05, 4.69) is 9.97 Å². The third-order valence-corrected chi connectivity index (χ3v) is 2.41. The van der Waals surface area contributed by atoms with Gasteiger partial charge in [-0.05, 0) is 18.2 Å². The van der Waals surface area contributed by atoms with Crippen molar-refractivity contribution in [3.8, 4) is 5.75 Å². The maximum absolute atomic E-state index is 11.8. The number of rotatable bonds is 3. The summed E-state index contributed by atoms with van der Waals surface area (Å²) < 4.78 is 5.01. The minimum atomic E-state index is -1.33. The quantitative estimate of drug-likeness (QED) is 0.683. The molecule has 0 bridgehead atoms. The van der Waals surface area contributed by atoms with Crippen molar-refractivity contribution in [3.05, 3.63) is 53.1 Å². The number of nitrogens with zero attached hydrogens (tertiary/aromatic N) is 2. The SMILES string of the molecule is O=C(Oc1ccccc1Cl)c1ccnc(C(=O)O)n1. The summed E-state index contributed by atoms with van der Waals surface area (Å²) in [5.74, 6) is -2.44. The minimum absolute atomic E-state index is 0.160. The summed E-state index contributed by atoms with van der Waals surface area (Å²) in [6.07, 6.45) is 1.17. The fourth-order valence-electron chi connectivity index (χ4n) is 1.26. The normalized spacial score (nSPS) is 9.95. The molecule has 0 aliphatic carbocycles. The lowest BCUT2D eigenvalue weighted by atomic mass is 10.3. The van der Waals surface area contributed by atoms with E-state index < -0.39 is 17.8 Å². The van der Waals surface area contributed by atoms with Crippen molar-refractivity contribution in [2.24, 2.45) is 0 Å². The number of aromatic nitrogens is 2. The number of carboxylic acid groups (broad SMARTS) is 1. The molecule has 1 aromatic carbocycles. The van der Waals surface area contributed by atoms with E-state index in [0.717, 1.165) is 0 Å². The zero-order valence-corrected chi connectivity index (χ0v) is 10.2. The maximum Gasteiger partial charge on any atom is 0.373 e. The van der Waals surface area contributed by atoms with Crippen molar-refractivity contribution in [1.82, 2.24) is 9.97 Å². The molecule has 0 atom stereocenters. The van der Waals surface area contributed by atoms with Gasteiger partial charge in [0.15, 0.2) is 5.69 Å². The van der Waals surface area contributed by atoms with Crippen LogP contribution in [0.3, 0.4) is 0 Å². The average Bonchev–Trinajstić information content (AvgIpc) is 2.41. The van der Waals surface area contributed by atoms with Crippen LogP contribution < -0.4 is 4.74 Å². The molecule has 6 nitrogen and oxygen atoms in total. The summed E-state index contributed by atoms with van der Waals surface area (Å²) >= 11 is 5.83. The Morgan fingerprint density at radius 3 is 2.63 bits per heavy atom. The van der Waals surface area contributed by atoms with Gasteiger partial charge in [0.05, 0.1) is 5.02 Å². The number of hydrogen-bond acceptors (Lipinski definition) is 5. The van der Waals surface area contributed by atoms with E-state index in [9.17, 15) is 9.59 Å². The number of ether oxygens (including phenoxy) is 1. The van der Waals surface area contributed by atoms with Gasteiger partial charge in [-0.2, -0.15) is 0 Å². The molecule has 2 aromatic rings. The number of carboxylic acids is 1. The minimum Gasteiger partial charge on any atom is -0.475 e. The molecule has 0 aliphatic heterocycles. The lowest BCUT2D eigenvalue weighted by Crippen LogP contribution is -2.14. The standard InChI is InChI=1S/C12H7ClN2O4/c13-7-3-1-2-4-9(7)19-12(18)8-5-6-14-10(15-8)11(16)17/h1-6H,(H,16,17). The molecule has 0 aliphatic rings. The first kappa shape index (κ1) is 13.0. The number of carbonyl (C=O) groups excluding carboxylic acids is 1. The highest BCUT2D eigenvalue weighted by Crippen LogP contribution is 2.23. The van der Waals surface area contributed by atoms with Crippen molar-refractivity contribution >= 4 is 23.5 Å². The van der Waals surface area contributed by atoms with Crippen molar-refractivity contribution in [2.45, 2.75) is 0 Å². The van der Waals surface area contributed by atoms with Crippen molar-refractivity contribution in [3.63, 3.8) is 0 Å². The summed E-state index contributed by atoms with van der Waals surface area (Å²) in [5.41, 5.74) is -0.160. The van der Waals surface area contributed by atoms with Crippen LogP contribution in [0, 0.1) is 0 Å². The molecule has 0 amide bonds. The summed E-state index contributed by atoms with van der Waals surface area (Å²) in [4.78, 5) is 29.5. The van der Waals surface area contributed by atoms with Crippen LogP contribution in [0.25, 0.3) is 0 Å². The molecule has 0 unspecified atom stereocenters. The molecule has 0 fully saturated rings. The molecule has 96 valence electrons. The van der Waals surface area contributed by atoms with Crippen LogP contribution in [-0.4, -0.2) is 27.0 Å². The second-order valence-electron chi connectivity index (χ2n) is 3.39. The van der Waals surface area contributed by atoms with Gasteiger partial charge >= 0.3 is 11.9 Å². The lowest BCUT2D eigenvalue weighted by Gasteiger charge is -2.05. The Morgan fingerprint density at radius 2 is 1.95 bits per heavy atom. The molecule has 7 heteroatoms. The maximum atomic E-state index is 11.8. The van der Waals surface area contributed by atoms with Crippen LogP contribution in [0.5, 0.6) is 5.75 Å². The predicted octanol–water partition coefficient (Wildman–Crippen LogP) is 2.05. The largest absolute Gasteiger partial charge is 0.475 e. The predicted molar refractivity (Wildman–Crippen MR) is 65.4 cm³/mol. The van der Waals surface area contributed by atoms with Gasteiger partial charge in [0, 0.05) is 6.20 Å². The van der Waals surface area contributed by atoms with Gasteiger partial charge in [-0.3, -0.25) is 0 Å². The molecule has 1 heterocycles. The first-order chi connectivity index (χ1) is 9.08. The first-order valence-electron chi connectivity index (χ1n) is 5.11. The van der Waals surface area contributed by atoms with E-state index in [-0.39, 0.29) is 16.5 Å². The van der Waals surface area contributed by atoms with Crippen LogP contribution >= 0.6 is 11.6 Å². The Morgan fingerprint density at radius 1 is 1.21 bits per heavy atom. The molecule has 0 spiro atoms. The van der Waals surface area contributed by atoms with Gasteiger partial charge in [-0.15, -0.1) is 0 Å². The Bertz CT molecular complexity index is 645.